The van der Waals surface area contributed by atoms with E-state index >= 15 is 0 Å². The largest absolute Gasteiger partial charge is 0.483 e. The predicted octanol–water partition coefficient (Wildman–Crippen LogP) is 4.94. The minimum absolute atomic E-state index is 0.302. The van der Waals surface area contributed by atoms with E-state index in [2.05, 4.69) is 45.9 Å². The van der Waals surface area contributed by atoms with Crippen LogP contribution in [-0.4, -0.2) is 18.7 Å². The minimum Gasteiger partial charge on any atom is -0.483 e. The zero-order valence-corrected chi connectivity index (χ0v) is 14.6. The van der Waals surface area contributed by atoms with Crippen LogP contribution in [0.3, 0.4) is 0 Å². The summed E-state index contributed by atoms with van der Waals surface area (Å²) in [7, 11) is 1.39. The Bertz CT molecular complexity index is 459. The van der Waals surface area contributed by atoms with E-state index in [1.807, 2.05) is 0 Å². The van der Waals surface area contributed by atoms with E-state index in [-0.39, 0.29) is 11.6 Å². The number of ether oxygens (including phenoxy) is 2. The van der Waals surface area contributed by atoms with E-state index < -0.39 is 0 Å². The molecule has 0 N–H and O–H groups in total. The van der Waals surface area contributed by atoms with E-state index in [9.17, 15) is 4.79 Å². The maximum Gasteiger partial charge on any atom is 0.334 e. The number of hydrogen-bond donors (Lipinski definition) is 0. The van der Waals surface area contributed by atoms with Crippen LogP contribution in [0.5, 0.6) is 0 Å². The third-order valence-corrected chi connectivity index (χ3v) is 4.27. The fourth-order valence-electron chi connectivity index (χ4n) is 2.81. The van der Waals surface area contributed by atoms with Gasteiger partial charge in [-0.25, -0.2) is 4.79 Å². The lowest BCUT2D eigenvalue weighted by Gasteiger charge is -2.29. The van der Waals surface area contributed by atoms with Crippen molar-refractivity contribution in [3.05, 3.63) is 35.6 Å². The molecule has 0 aromatic heterocycles. The summed E-state index contributed by atoms with van der Waals surface area (Å²) in [4.78, 5) is 11.5. The number of carbonyl (C=O) groups excluding carboxylic acids is 1. The molecule has 1 aliphatic heterocycles. The molecule has 22 heavy (non-hydrogen) atoms. The van der Waals surface area contributed by atoms with Crippen LogP contribution in [0.4, 0.5) is 0 Å². The highest BCUT2D eigenvalue weighted by molar-refractivity contribution is 5.83. The molecule has 1 heterocycles. The van der Waals surface area contributed by atoms with Gasteiger partial charge in [-0.2, -0.15) is 0 Å². The lowest BCUT2D eigenvalue weighted by molar-refractivity contribution is -0.135. The van der Waals surface area contributed by atoms with Crippen molar-refractivity contribution in [2.75, 3.05) is 7.11 Å². The average molecular weight is 306 g/mol. The molecule has 0 aromatic rings. The molecule has 124 valence electrons. The van der Waals surface area contributed by atoms with Crippen LogP contribution < -0.4 is 0 Å². The van der Waals surface area contributed by atoms with Gasteiger partial charge in [0, 0.05) is 0 Å². The number of methoxy groups -OCH3 is 1. The van der Waals surface area contributed by atoms with Crippen molar-refractivity contribution in [1.29, 1.82) is 0 Å². The summed E-state index contributed by atoms with van der Waals surface area (Å²) in [5, 5.41) is 0. The van der Waals surface area contributed by atoms with E-state index in [0.717, 1.165) is 37.7 Å². The van der Waals surface area contributed by atoms with Gasteiger partial charge in [-0.1, -0.05) is 39.8 Å². The van der Waals surface area contributed by atoms with Crippen LogP contribution >= 0.6 is 0 Å². The van der Waals surface area contributed by atoms with E-state index in [0.29, 0.717) is 11.7 Å². The van der Waals surface area contributed by atoms with Crippen molar-refractivity contribution in [3.63, 3.8) is 0 Å². The van der Waals surface area contributed by atoms with Gasteiger partial charge < -0.3 is 9.47 Å². The first-order chi connectivity index (χ1) is 10.5. The predicted molar refractivity (Wildman–Crippen MR) is 90.4 cm³/mol. The third kappa shape index (κ3) is 4.75. The first kappa shape index (κ1) is 18.5. The second-order valence-corrected chi connectivity index (χ2v) is 5.78. The Hall–Kier alpha value is -1.51. The van der Waals surface area contributed by atoms with Gasteiger partial charge in [0.05, 0.1) is 13.2 Å². The number of esters is 1. The van der Waals surface area contributed by atoms with Crippen LogP contribution in [0, 0.1) is 5.92 Å². The van der Waals surface area contributed by atoms with Crippen LogP contribution in [-0.2, 0) is 14.3 Å². The molecule has 3 heteroatoms. The molecule has 0 spiro atoms. The summed E-state index contributed by atoms with van der Waals surface area (Å²) >= 11 is 0. The Morgan fingerprint density at radius 3 is 2.59 bits per heavy atom. The summed E-state index contributed by atoms with van der Waals surface area (Å²) in [6.45, 7) is 8.58. The Morgan fingerprint density at radius 1 is 1.36 bits per heavy atom. The van der Waals surface area contributed by atoms with Crippen LogP contribution in [0.25, 0.3) is 0 Å². The lowest BCUT2D eigenvalue weighted by atomic mass is 9.86. The van der Waals surface area contributed by atoms with Gasteiger partial charge in [-0.15, -0.1) is 0 Å². The molecule has 1 rings (SSSR count). The topological polar surface area (TPSA) is 35.5 Å². The molecular weight excluding hydrogens is 276 g/mol. The molecule has 0 aromatic carbocycles. The van der Waals surface area contributed by atoms with E-state index in [1.165, 1.54) is 13.2 Å². The summed E-state index contributed by atoms with van der Waals surface area (Å²) in [6.07, 6.45) is 13.0. The highest BCUT2D eigenvalue weighted by atomic mass is 16.5. The third-order valence-electron chi connectivity index (χ3n) is 4.27. The number of hydrogen-bond acceptors (Lipinski definition) is 3. The molecule has 0 radical (unpaired) electrons. The van der Waals surface area contributed by atoms with Crippen molar-refractivity contribution in [2.45, 2.75) is 65.4 Å². The normalized spacial score (nSPS) is 24.4. The van der Waals surface area contributed by atoms with Crippen molar-refractivity contribution in [3.8, 4) is 0 Å². The van der Waals surface area contributed by atoms with Crippen molar-refractivity contribution in [1.82, 2.24) is 0 Å². The average Bonchev–Trinajstić information content (AvgIpc) is 2.89. The molecular formula is C19H30O3. The second kappa shape index (κ2) is 8.82. The summed E-state index contributed by atoms with van der Waals surface area (Å²) in [5.41, 5.74) is 0.797. The number of carbonyl (C=O) groups is 1. The van der Waals surface area contributed by atoms with Gasteiger partial charge in [0.1, 0.15) is 11.4 Å². The molecule has 0 bridgehead atoms. The summed E-state index contributed by atoms with van der Waals surface area (Å²) in [5.74, 6) is 0.802. The van der Waals surface area contributed by atoms with E-state index in [1.54, 1.807) is 0 Å². The molecule has 0 saturated carbocycles. The Labute approximate surface area is 135 Å². The molecule has 0 fully saturated rings. The zero-order valence-electron chi connectivity index (χ0n) is 14.6. The molecule has 0 saturated heterocycles. The maximum atomic E-state index is 11.5. The summed E-state index contributed by atoms with van der Waals surface area (Å²) in [6, 6.07) is 0. The smallest absolute Gasteiger partial charge is 0.334 e. The number of rotatable bonds is 8. The van der Waals surface area contributed by atoms with E-state index in [4.69, 9.17) is 9.47 Å². The highest BCUT2D eigenvalue weighted by Gasteiger charge is 2.37. The van der Waals surface area contributed by atoms with Crippen molar-refractivity contribution in [2.24, 2.45) is 5.92 Å². The zero-order chi connectivity index (χ0) is 16.6. The van der Waals surface area contributed by atoms with Gasteiger partial charge in [0.2, 0.25) is 0 Å². The van der Waals surface area contributed by atoms with Gasteiger partial charge in [0.25, 0.3) is 0 Å². The monoisotopic (exact) mass is 306 g/mol. The Balaban J connectivity index is 2.99. The van der Waals surface area contributed by atoms with Crippen LogP contribution in [0.15, 0.2) is 35.6 Å². The van der Waals surface area contributed by atoms with Crippen LogP contribution in [0.1, 0.15) is 59.8 Å². The minimum atomic E-state index is -0.362. The maximum absolute atomic E-state index is 11.5. The first-order valence-corrected chi connectivity index (χ1v) is 8.41. The fourth-order valence-corrected chi connectivity index (χ4v) is 2.81. The van der Waals surface area contributed by atoms with Gasteiger partial charge in [-0.05, 0) is 49.7 Å². The Morgan fingerprint density at radius 2 is 2.09 bits per heavy atom. The Kier molecular flexibility index (Phi) is 7.43. The first-order valence-electron chi connectivity index (χ1n) is 8.41. The standard InChI is InChI=1S/C19H30O3/c1-6-10-11-15(7-2)13-19(9-4)14-16(8-3)17(22-19)12-18(20)21-5/h10-12,14-15H,6-9,13H2,1-5H3/b11-10+,17-12+. The molecule has 3 nitrogen and oxygen atoms in total. The van der Waals surface area contributed by atoms with Crippen LogP contribution in [0.2, 0.25) is 0 Å². The van der Waals surface area contributed by atoms with Crippen molar-refractivity contribution >= 4 is 5.97 Å². The van der Waals surface area contributed by atoms with Crippen molar-refractivity contribution < 1.29 is 14.3 Å². The number of allylic oxidation sites excluding steroid dienone is 3. The molecule has 0 aliphatic carbocycles. The van der Waals surface area contributed by atoms with Gasteiger partial charge in [-0.3, -0.25) is 0 Å². The lowest BCUT2D eigenvalue weighted by Crippen LogP contribution is -2.28. The highest BCUT2D eigenvalue weighted by Crippen LogP contribution is 2.40. The molecule has 1 aliphatic rings. The fraction of sp³-hybridized carbons (Fsp3) is 0.632. The molecule has 0 amide bonds. The van der Waals surface area contributed by atoms with Gasteiger partial charge >= 0.3 is 5.97 Å². The molecule has 2 atom stereocenters. The van der Waals surface area contributed by atoms with Gasteiger partial charge in [0.15, 0.2) is 0 Å². The molecule has 2 unspecified atom stereocenters. The SMILES string of the molecule is CC/C=C/C(CC)CC1(CC)C=C(CC)/C(=C\C(=O)OC)O1. The second-order valence-electron chi connectivity index (χ2n) is 5.78. The quantitative estimate of drug-likeness (QED) is 0.362. The summed E-state index contributed by atoms with van der Waals surface area (Å²) < 4.78 is 10.9.